The first-order valence-electron chi connectivity index (χ1n) is 13.7. The molecule has 2 aromatic carbocycles. The molecule has 1 aliphatic carbocycles. The van der Waals surface area contributed by atoms with E-state index in [4.69, 9.17) is 23.2 Å². The summed E-state index contributed by atoms with van der Waals surface area (Å²) < 4.78 is 1.53. The quantitative estimate of drug-likeness (QED) is 0.290. The normalized spacial score (nSPS) is 15.6. The number of anilines is 1. The molecule has 1 saturated heterocycles. The molecule has 3 amide bonds. The number of nitrogens with zero attached hydrogens (tertiary/aromatic N) is 6. The lowest BCUT2D eigenvalue weighted by Crippen LogP contribution is -2.54. The Kier molecular flexibility index (Phi) is 9.28. The van der Waals surface area contributed by atoms with Crippen molar-refractivity contribution in [3.8, 4) is 17.5 Å². The number of benzene rings is 2. The van der Waals surface area contributed by atoms with Crippen LogP contribution in [0.2, 0.25) is 10.0 Å². The third kappa shape index (κ3) is 7.75. The molecule has 0 bridgehead atoms. The van der Waals surface area contributed by atoms with E-state index in [-0.39, 0.29) is 17.7 Å². The van der Waals surface area contributed by atoms with E-state index in [2.05, 4.69) is 42.9 Å². The number of nitrogens with one attached hydrogen (secondary N) is 2. The summed E-state index contributed by atoms with van der Waals surface area (Å²) in [5.41, 5.74) is 2.27. The minimum Gasteiger partial charge on any atom is -0.324 e. The average Bonchev–Trinajstić information content (AvgIpc) is 3.70. The van der Waals surface area contributed by atoms with E-state index < -0.39 is 5.54 Å². The highest BCUT2D eigenvalue weighted by Crippen LogP contribution is 2.41. The molecule has 220 valence electrons. The minimum atomic E-state index is -0.740. The highest BCUT2D eigenvalue weighted by molar-refractivity contribution is 7.99. The van der Waals surface area contributed by atoms with Gasteiger partial charge in [-0.25, -0.2) is 4.79 Å². The molecule has 2 aliphatic rings. The number of thioether (sulfide) groups is 1. The third-order valence-electron chi connectivity index (χ3n) is 6.99. The lowest BCUT2D eigenvalue weighted by molar-refractivity contribution is -0.113. The van der Waals surface area contributed by atoms with Gasteiger partial charge in [-0.2, -0.15) is 4.68 Å². The second-order valence-electron chi connectivity index (χ2n) is 11.0. The summed E-state index contributed by atoms with van der Waals surface area (Å²) in [7, 11) is 2.05. The summed E-state index contributed by atoms with van der Waals surface area (Å²) in [6, 6.07) is 10.9. The smallest absolute Gasteiger partial charge is 0.318 e. The van der Waals surface area contributed by atoms with Crippen LogP contribution in [0.25, 0.3) is 5.69 Å². The molecular weight excluding hydrogens is 595 g/mol. The van der Waals surface area contributed by atoms with E-state index in [1.165, 1.54) is 34.8 Å². The number of hydrogen-bond acceptors (Lipinski definition) is 7. The van der Waals surface area contributed by atoms with Gasteiger partial charge in [0.05, 0.1) is 32.7 Å². The molecule has 1 saturated carbocycles. The first kappa shape index (κ1) is 30.2. The number of likely N-dealkylation sites (N-methyl/N-ethyl adjacent to an activating group) is 1. The summed E-state index contributed by atoms with van der Waals surface area (Å²) in [5, 5.41) is 19.1. The Labute approximate surface area is 259 Å². The van der Waals surface area contributed by atoms with Crippen LogP contribution in [0.5, 0.6) is 0 Å². The Morgan fingerprint density at radius 2 is 1.83 bits per heavy atom. The molecule has 3 aromatic rings. The molecule has 2 N–H and O–H groups in total. The molecule has 0 radical (unpaired) electrons. The molecule has 0 unspecified atom stereocenters. The van der Waals surface area contributed by atoms with Crippen LogP contribution in [0.15, 0.2) is 41.6 Å². The number of rotatable bonds is 7. The van der Waals surface area contributed by atoms with Crippen LogP contribution in [0.1, 0.15) is 43.7 Å². The predicted octanol–water partition coefficient (Wildman–Crippen LogP) is 4.66. The van der Waals surface area contributed by atoms with Crippen molar-refractivity contribution in [1.29, 1.82) is 0 Å². The first-order valence-corrected chi connectivity index (χ1v) is 15.4. The zero-order valence-electron chi connectivity index (χ0n) is 23.7. The van der Waals surface area contributed by atoms with Crippen molar-refractivity contribution in [3.05, 3.63) is 57.6 Å². The van der Waals surface area contributed by atoms with Gasteiger partial charge in [-0.3, -0.25) is 4.79 Å². The van der Waals surface area contributed by atoms with Gasteiger partial charge in [0.25, 0.3) is 0 Å². The van der Waals surface area contributed by atoms with Crippen molar-refractivity contribution in [2.45, 2.75) is 43.3 Å². The molecular formula is C29H32Cl2N8O2S. The van der Waals surface area contributed by atoms with Crippen LogP contribution in [0.4, 0.5) is 10.5 Å². The van der Waals surface area contributed by atoms with E-state index in [1.54, 1.807) is 23.1 Å². The minimum absolute atomic E-state index is 0.0667. The van der Waals surface area contributed by atoms with Crippen molar-refractivity contribution in [3.63, 3.8) is 0 Å². The van der Waals surface area contributed by atoms with E-state index in [1.807, 2.05) is 39.1 Å². The zero-order valence-corrected chi connectivity index (χ0v) is 26.0. The molecule has 2 fully saturated rings. The molecule has 1 aliphatic heterocycles. The molecule has 5 rings (SSSR count). The number of urea groups is 1. The van der Waals surface area contributed by atoms with E-state index in [0.717, 1.165) is 13.1 Å². The van der Waals surface area contributed by atoms with Crippen LogP contribution in [-0.2, 0) is 4.79 Å². The average molecular weight is 628 g/mol. The maximum Gasteiger partial charge on any atom is 0.318 e. The van der Waals surface area contributed by atoms with Crippen molar-refractivity contribution in [2.24, 2.45) is 0 Å². The number of aromatic nitrogens is 4. The second kappa shape index (κ2) is 12.9. The lowest BCUT2D eigenvalue weighted by Gasteiger charge is -2.34. The Morgan fingerprint density at radius 1 is 1.07 bits per heavy atom. The Hall–Kier alpha value is -3.30. The number of carbonyl (C=O) groups is 2. The van der Waals surface area contributed by atoms with Gasteiger partial charge in [-0.1, -0.05) is 52.9 Å². The number of halogens is 2. The number of amides is 3. The largest absolute Gasteiger partial charge is 0.324 e. The van der Waals surface area contributed by atoms with Gasteiger partial charge in [0.15, 0.2) is 0 Å². The van der Waals surface area contributed by atoms with E-state index in [0.29, 0.717) is 51.1 Å². The van der Waals surface area contributed by atoms with Gasteiger partial charge in [-0.05, 0) is 86.0 Å². The molecule has 1 aromatic heterocycles. The molecule has 2 heterocycles. The molecule has 10 nitrogen and oxygen atoms in total. The summed E-state index contributed by atoms with van der Waals surface area (Å²) in [6.45, 7) is 6.79. The van der Waals surface area contributed by atoms with Crippen LogP contribution in [0, 0.1) is 11.8 Å². The predicted molar refractivity (Wildman–Crippen MR) is 166 cm³/mol. The standard InChI is InChI=1S/C29H32Cl2N8O2S/c1-29(2,33-27(41)38-14-12-37(3)13-15-38)11-10-19-4-8-24(22(30)16-19)32-26(40)18-42-28-34-35-36-39(28)25-9-7-21(17-23(25)31)20-5-6-20/h4,7-9,16-17,20H,5-6,12-15,18H2,1-3H3,(H,32,40)(H,33,41). The van der Waals surface area contributed by atoms with Gasteiger partial charge in [0.1, 0.15) is 0 Å². The maximum atomic E-state index is 12.7. The van der Waals surface area contributed by atoms with Gasteiger partial charge in [0, 0.05) is 31.7 Å². The van der Waals surface area contributed by atoms with E-state index >= 15 is 0 Å². The summed E-state index contributed by atoms with van der Waals surface area (Å²) >= 11 is 14.2. The zero-order chi connectivity index (χ0) is 29.9. The number of piperazine rings is 1. The van der Waals surface area contributed by atoms with Gasteiger partial charge in [0.2, 0.25) is 11.1 Å². The van der Waals surface area contributed by atoms with Crippen molar-refractivity contribution in [1.82, 2.24) is 35.3 Å². The topological polar surface area (TPSA) is 108 Å². The number of hydrogen-bond donors (Lipinski definition) is 2. The van der Waals surface area contributed by atoms with Crippen molar-refractivity contribution in [2.75, 3.05) is 44.3 Å². The van der Waals surface area contributed by atoms with Gasteiger partial charge in [-0.15, -0.1) is 5.10 Å². The fraction of sp³-hybridized carbons (Fsp3) is 0.414. The number of carbonyl (C=O) groups excluding carboxylic acids is 2. The first-order chi connectivity index (χ1) is 20.1. The van der Waals surface area contributed by atoms with E-state index in [9.17, 15) is 9.59 Å². The number of tetrazole rings is 1. The fourth-order valence-electron chi connectivity index (χ4n) is 4.41. The van der Waals surface area contributed by atoms with Crippen molar-refractivity contribution >= 4 is 52.6 Å². The summed E-state index contributed by atoms with van der Waals surface area (Å²) in [5.74, 6) is 6.58. The maximum absolute atomic E-state index is 12.7. The molecule has 0 spiro atoms. The third-order valence-corrected chi connectivity index (χ3v) is 8.53. The second-order valence-corrected chi connectivity index (χ2v) is 12.7. The van der Waals surface area contributed by atoms with Crippen LogP contribution < -0.4 is 10.6 Å². The van der Waals surface area contributed by atoms with Gasteiger partial charge < -0.3 is 20.4 Å². The lowest BCUT2D eigenvalue weighted by atomic mass is 10.1. The van der Waals surface area contributed by atoms with Crippen LogP contribution in [-0.4, -0.2) is 86.5 Å². The summed E-state index contributed by atoms with van der Waals surface area (Å²) in [6.07, 6.45) is 2.37. The Morgan fingerprint density at radius 3 is 2.52 bits per heavy atom. The van der Waals surface area contributed by atoms with Crippen LogP contribution >= 0.6 is 35.0 Å². The highest BCUT2D eigenvalue weighted by Gasteiger charge is 2.25. The molecule has 42 heavy (non-hydrogen) atoms. The highest BCUT2D eigenvalue weighted by atomic mass is 35.5. The summed E-state index contributed by atoms with van der Waals surface area (Å²) in [4.78, 5) is 29.4. The molecule has 0 atom stereocenters. The van der Waals surface area contributed by atoms with Crippen LogP contribution in [0.3, 0.4) is 0 Å². The monoisotopic (exact) mass is 626 g/mol. The Balaban J connectivity index is 1.15. The fourth-order valence-corrected chi connectivity index (χ4v) is 5.59. The SMILES string of the molecule is CN1CCN(C(=O)NC(C)(C)C#Cc2ccc(NC(=O)CSc3nnnn3-c3ccc(C4CC4)cc3Cl)c(Cl)c2)CC1. The molecule has 13 heteroatoms. The van der Waals surface area contributed by atoms with Gasteiger partial charge >= 0.3 is 6.03 Å². The Bertz CT molecular complexity index is 1540. The van der Waals surface area contributed by atoms with Crippen molar-refractivity contribution < 1.29 is 9.59 Å².